The highest BCUT2D eigenvalue weighted by atomic mass is 16.3. The van der Waals surface area contributed by atoms with Gasteiger partial charge in [-0.1, -0.05) is 127 Å². The van der Waals surface area contributed by atoms with Crippen molar-refractivity contribution in [2.45, 2.75) is 0 Å². The lowest BCUT2D eigenvalue weighted by atomic mass is 9.95. The van der Waals surface area contributed by atoms with Crippen molar-refractivity contribution in [2.75, 3.05) is 4.90 Å². The molecule has 49 heavy (non-hydrogen) atoms. The van der Waals surface area contributed by atoms with Gasteiger partial charge in [0.15, 0.2) is 5.58 Å². The summed E-state index contributed by atoms with van der Waals surface area (Å²) in [5.74, 6) is 0. The van der Waals surface area contributed by atoms with Crippen LogP contribution in [0.5, 0.6) is 0 Å². The minimum atomic E-state index is 0.838. The van der Waals surface area contributed by atoms with Gasteiger partial charge in [-0.2, -0.15) is 0 Å². The Hall–Kier alpha value is -6.58. The molecule has 230 valence electrons. The van der Waals surface area contributed by atoms with Crippen molar-refractivity contribution < 1.29 is 8.83 Å². The van der Waals surface area contributed by atoms with Gasteiger partial charge < -0.3 is 13.7 Å². The lowest BCUT2D eigenvalue weighted by Crippen LogP contribution is -2.10. The zero-order valence-corrected chi connectivity index (χ0v) is 26.5. The van der Waals surface area contributed by atoms with E-state index in [2.05, 4.69) is 163 Å². The van der Waals surface area contributed by atoms with E-state index in [1.54, 1.807) is 0 Å². The van der Waals surface area contributed by atoms with Crippen LogP contribution in [0.1, 0.15) is 0 Å². The van der Waals surface area contributed by atoms with Crippen molar-refractivity contribution in [1.82, 2.24) is 0 Å². The van der Waals surface area contributed by atoms with Gasteiger partial charge in [0.25, 0.3) is 0 Å². The summed E-state index contributed by atoms with van der Waals surface area (Å²) in [7, 11) is 0. The summed E-state index contributed by atoms with van der Waals surface area (Å²) >= 11 is 0. The summed E-state index contributed by atoms with van der Waals surface area (Å²) in [6.45, 7) is 0. The quantitative estimate of drug-likeness (QED) is 0.190. The largest absolute Gasteiger partial charge is 0.456 e. The number of hydrogen-bond acceptors (Lipinski definition) is 3. The molecule has 10 rings (SSSR count). The van der Waals surface area contributed by atoms with Crippen molar-refractivity contribution in [3.05, 3.63) is 176 Å². The summed E-state index contributed by atoms with van der Waals surface area (Å²) in [6, 6.07) is 61.8. The maximum absolute atomic E-state index is 6.75. The molecule has 10 aromatic rings. The molecule has 0 saturated heterocycles. The van der Waals surface area contributed by atoms with Crippen LogP contribution in [0.4, 0.5) is 17.1 Å². The normalized spacial score (nSPS) is 11.7. The molecule has 3 heteroatoms. The smallest absolute Gasteiger partial charge is 0.159 e. The van der Waals surface area contributed by atoms with Crippen molar-refractivity contribution in [3.8, 4) is 22.3 Å². The average Bonchev–Trinajstić information content (AvgIpc) is 3.74. The number of hydrogen-bond donors (Lipinski definition) is 0. The van der Waals surface area contributed by atoms with Gasteiger partial charge in [0.2, 0.25) is 0 Å². The van der Waals surface area contributed by atoms with Crippen molar-refractivity contribution in [1.29, 1.82) is 0 Å². The first kappa shape index (κ1) is 27.5. The van der Waals surface area contributed by atoms with Gasteiger partial charge in [0.05, 0.1) is 11.4 Å². The first-order valence-corrected chi connectivity index (χ1v) is 16.6. The highest BCUT2D eigenvalue weighted by Crippen LogP contribution is 2.45. The number of fused-ring (bicyclic) bond motifs is 8. The summed E-state index contributed by atoms with van der Waals surface area (Å²) in [5, 5.41) is 6.82. The second kappa shape index (κ2) is 11.0. The maximum atomic E-state index is 6.75. The van der Waals surface area contributed by atoms with E-state index in [4.69, 9.17) is 8.83 Å². The van der Waals surface area contributed by atoms with Gasteiger partial charge in [-0.05, 0) is 75.5 Å². The fourth-order valence-corrected chi connectivity index (χ4v) is 7.39. The molecule has 0 atom stereocenters. The van der Waals surface area contributed by atoms with Crippen LogP contribution in [-0.4, -0.2) is 0 Å². The maximum Gasteiger partial charge on any atom is 0.159 e. The van der Waals surface area contributed by atoms with Gasteiger partial charge in [0, 0.05) is 33.3 Å². The molecule has 0 unspecified atom stereocenters. The number of benzene rings is 8. The van der Waals surface area contributed by atoms with E-state index in [9.17, 15) is 0 Å². The Kier molecular flexibility index (Phi) is 6.18. The molecule has 3 nitrogen and oxygen atoms in total. The number of nitrogens with zero attached hydrogens (tertiary/aromatic N) is 1. The molecule has 0 bridgehead atoms. The van der Waals surface area contributed by atoms with Crippen LogP contribution < -0.4 is 4.90 Å². The number of anilines is 3. The van der Waals surface area contributed by atoms with Crippen LogP contribution in [0.3, 0.4) is 0 Å². The molecule has 0 aliphatic rings. The Labute approximate surface area is 282 Å². The minimum Gasteiger partial charge on any atom is -0.456 e. The Bertz CT molecular complexity index is 2810. The van der Waals surface area contributed by atoms with E-state index < -0.39 is 0 Å². The number of rotatable bonds is 5. The van der Waals surface area contributed by atoms with Crippen LogP contribution in [0.15, 0.2) is 185 Å². The second-order valence-corrected chi connectivity index (χ2v) is 12.5. The molecule has 8 aromatic carbocycles. The van der Waals surface area contributed by atoms with E-state index in [-0.39, 0.29) is 0 Å². The molecule has 0 fully saturated rings. The van der Waals surface area contributed by atoms with Crippen molar-refractivity contribution in [3.63, 3.8) is 0 Å². The van der Waals surface area contributed by atoms with Crippen LogP contribution in [0.2, 0.25) is 0 Å². The van der Waals surface area contributed by atoms with Gasteiger partial charge in [-0.3, -0.25) is 0 Å². The molecule has 0 aliphatic carbocycles. The molecule has 2 aromatic heterocycles. The van der Waals surface area contributed by atoms with Crippen molar-refractivity contribution in [2.24, 2.45) is 0 Å². The molecule has 0 saturated carbocycles. The third-order valence-electron chi connectivity index (χ3n) is 9.66. The topological polar surface area (TPSA) is 29.5 Å². The lowest BCUT2D eigenvalue weighted by molar-refractivity contribution is 0.667. The Morgan fingerprint density at radius 2 is 0.980 bits per heavy atom. The Morgan fingerprint density at radius 3 is 1.78 bits per heavy atom. The third-order valence-corrected chi connectivity index (χ3v) is 9.66. The minimum absolute atomic E-state index is 0.838. The first-order valence-electron chi connectivity index (χ1n) is 16.6. The van der Waals surface area contributed by atoms with E-state index in [1.165, 1.54) is 33.0 Å². The van der Waals surface area contributed by atoms with Crippen LogP contribution >= 0.6 is 0 Å². The highest BCUT2D eigenvalue weighted by Gasteiger charge is 2.21. The molecular weight excluding hydrogens is 599 g/mol. The molecule has 0 radical (unpaired) electrons. The molecule has 0 N–H and O–H groups in total. The summed E-state index contributed by atoms with van der Waals surface area (Å²) in [5.41, 5.74) is 11.1. The second-order valence-electron chi connectivity index (χ2n) is 12.5. The molecular formula is C46H29NO2. The monoisotopic (exact) mass is 627 g/mol. The van der Waals surface area contributed by atoms with Crippen molar-refractivity contribution >= 4 is 71.7 Å². The predicted molar refractivity (Wildman–Crippen MR) is 204 cm³/mol. The number of furan rings is 2. The summed E-state index contributed by atoms with van der Waals surface area (Å²) in [4.78, 5) is 2.28. The zero-order valence-electron chi connectivity index (χ0n) is 26.5. The molecule has 0 amide bonds. The highest BCUT2D eigenvalue weighted by molar-refractivity contribution is 6.22. The lowest BCUT2D eigenvalue weighted by Gasteiger charge is -2.25. The summed E-state index contributed by atoms with van der Waals surface area (Å²) < 4.78 is 13.3. The van der Waals surface area contributed by atoms with E-state index in [1.807, 2.05) is 18.2 Å². The Balaban J connectivity index is 1.20. The number of para-hydroxylation sites is 2. The SMILES string of the molecule is c1ccc(-c2ccc(N(c3ccc4c(c3)oc3cc(-c5ccccc5)c5ccccc5c34)c3cccc4c3oc3ccccc34)cc2)cc1. The predicted octanol–water partition coefficient (Wildman–Crippen LogP) is 13.4. The van der Waals surface area contributed by atoms with E-state index >= 15 is 0 Å². The molecule has 0 aliphatic heterocycles. The average molecular weight is 628 g/mol. The zero-order chi connectivity index (χ0) is 32.3. The molecule has 2 heterocycles. The molecule has 0 spiro atoms. The van der Waals surface area contributed by atoms with E-state index in [0.717, 1.165) is 60.9 Å². The first-order chi connectivity index (χ1) is 24.3. The van der Waals surface area contributed by atoms with Gasteiger partial charge >= 0.3 is 0 Å². The van der Waals surface area contributed by atoms with Crippen LogP contribution in [0, 0.1) is 0 Å². The fourth-order valence-electron chi connectivity index (χ4n) is 7.39. The Morgan fingerprint density at radius 1 is 0.347 bits per heavy atom. The van der Waals surface area contributed by atoms with Gasteiger partial charge in [-0.15, -0.1) is 0 Å². The standard InChI is InChI=1S/C46H29NO2/c1-3-12-30(13-4-1)31-22-24-33(25-23-31)47(41-20-11-19-38-36-17-9-10-21-42(36)49-46(38)41)34-26-27-39-43(28-34)48-44-29-40(32-14-5-2-6-15-32)35-16-7-8-18-37(35)45(39)44/h1-29H. The van der Waals surface area contributed by atoms with E-state index in [0.29, 0.717) is 0 Å². The fraction of sp³-hybridized carbons (Fsp3) is 0. The third kappa shape index (κ3) is 4.44. The van der Waals surface area contributed by atoms with Gasteiger partial charge in [0.1, 0.15) is 16.7 Å². The van der Waals surface area contributed by atoms with Gasteiger partial charge in [-0.25, -0.2) is 0 Å². The van der Waals surface area contributed by atoms with Crippen LogP contribution in [0.25, 0.3) is 76.9 Å². The summed E-state index contributed by atoms with van der Waals surface area (Å²) in [6.07, 6.45) is 0. The van der Waals surface area contributed by atoms with Crippen LogP contribution in [-0.2, 0) is 0 Å².